The Morgan fingerprint density at radius 1 is 1.16 bits per heavy atom. The number of furan rings is 1. The summed E-state index contributed by atoms with van der Waals surface area (Å²) in [7, 11) is -2.89. The molecule has 32 heavy (non-hydrogen) atoms. The molecule has 0 spiro atoms. The summed E-state index contributed by atoms with van der Waals surface area (Å²) in [6.45, 7) is 0.187. The number of nitrogens with zero attached hydrogens (tertiary/aromatic N) is 1. The van der Waals surface area contributed by atoms with Crippen LogP contribution in [-0.2, 0) is 21.4 Å². The number of carbonyl (C=O) groups is 2. The van der Waals surface area contributed by atoms with Gasteiger partial charge in [-0.05, 0) is 35.9 Å². The molecule has 0 radical (unpaired) electrons. The van der Waals surface area contributed by atoms with Gasteiger partial charge in [-0.2, -0.15) is 0 Å². The fourth-order valence-electron chi connectivity index (χ4n) is 3.68. The third kappa shape index (κ3) is 4.24. The third-order valence-electron chi connectivity index (χ3n) is 5.35. The Morgan fingerprint density at radius 3 is 2.62 bits per heavy atom. The van der Waals surface area contributed by atoms with Crippen molar-refractivity contribution in [3.8, 4) is 5.75 Å². The van der Waals surface area contributed by atoms with Gasteiger partial charge in [0, 0.05) is 24.4 Å². The maximum atomic E-state index is 13.4. The summed E-state index contributed by atoms with van der Waals surface area (Å²) in [6, 6.07) is 16.8. The van der Waals surface area contributed by atoms with Crippen LogP contribution in [0.5, 0.6) is 5.75 Å². The molecule has 0 bridgehead atoms. The van der Waals surface area contributed by atoms with Gasteiger partial charge in [0.2, 0.25) is 5.91 Å². The molecule has 1 atom stereocenters. The third-order valence-corrected chi connectivity index (χ3v) is 7.16. The minimum Gasteiger partial charge on any atom is -0.495 e. The lowest BCUT2D eigenvalue weighted by Gasteiger charge is -2.19. The van der Waals surface area contributed by atoms with Gasteiger partial charge in [-0.1, -0.05) is 30.3 Å². The molecule has 2 amide bonds. The molecule has 0 saturated carbocycles. The van der Waals surface area contributed by atoms with E-state index in [1.165, 1.54) is 31.6 Å². The fraction of sp³-hybridized carbons (Fsp3) is 0.217. The second-order valence-electron chi connectivity index (χ2n) is 7.37. The highest BCUT2D eigenvalue weighted by Gasteiger charge is 2.40. The summed E-state index contributed by atoms with van der Waals surface area (Å²) in [5.74, 6) is -0.578. The van der Waals surface area contributed by atoms with Crippen LogP contribution in [-0.4, -0.2) is 38.2 Å². The van der Waals surface area contributed by atoms with Gasteiger partial charge in [0.1, 0.15) is 16.4 Å². The second-order valence-corrected chi connectivity index (χ2v) is 9.20. The van der Waals surface area contributed by atoms with Crippen molar-refractivity contribution < 1.29 is 27.2 Å². The van der Waals surface area contributed by atoms with Crippen molar-refractivity contribution in [3.05, 3.63) is 83.8 Å². The van der Waals surface area contributed by atoms with Crippen LogP contribution in [0.1, 0.15) is 34.0 Å². The lowest BCUT2D eigenvalue weighted by atomic mass is 9.99. The van der Waals surface area contributed by atoms with Crippen LogP contribution in [0.25, 0.3) is 0 Å². The normalized spacial score (nSPS) is 16.2. The van der Waals surface area contributed by atoms with E-state index in [0.29, 0.717) is 5.76 Å². The van der Waals surface area contributed by atoms with E-state index in [-0.39, 0.29) is 41.6 Å². The highest BCUT2D eigenvalue weighted by molar-refractivity contribution is 7.89. The molecule has 1 saturated heterocycles. The summed E-state index contributed by atoms with van der Waals surface area (Å²) in [6.07, 6.45) is 1.59. The SMILES string of the molecule is COc1ccc(C(=O)NCc2ccco2)cc1S(=O)(=O)N1C[C@@H](c2ccccc2)CC1=O. The van der Waals surface area contributed by atoms with Gasteiger partial charge in [0.25, 0.3) is 15.9 Å². The Balaban J connectivity index is 1.60. The Bertz CT molecular complexity index is 1220. The summed E-state index contributed by atoms with van der Waals surface area (Å²) < 4.78 is 38.1. The molecule has 1 N–H and O–H groups in total. The Labute approximate surface area is 185 Å². The van der Waals surface area contributed by atoms with Gasteiger partial charge in [0.15, 0.2) is 0 Å². The van der Waals surface area contributed by atoms with Crippen molar-refractivity contribution in [2.45, 2.75) is 23.8 Å². The zero-order valence-corrected chi connectivity index (χ0v) is 18.2. The van der Waals surface area contributed by atoms with Gasteiger partial charge < -0.3 is 14.5 Å². The average Bonchev–Trinajstić information content (AvgIpc) is 3.47. The quantitative estimate of drug-likeness (QED) is 0.588. The number of sulfonamides is 1. The maximum Gasteiger partial charge on any atom is 0.270 e. The van der Waals surface area contributed by atoms with Crippen LogP contribution < -0.4 is 10.1 Å². The molecular formula is C23H22N2O6S. The number of amides is 2. The number of ether oxygens (including phenoxy) is 1. The van der Waals surface area contributed by atoms with E-state index in [2.05, 4.69) is 5.32 Å². The van der Waals surface area contributed by atoms with Gasteiger partial charge >= 0.3 is 0 Å². The number of methoxy groups -OCH3 is 1. The average molecular weight is 455 g/mol. The molecule has 1 aliphatic heterocycles. The van der Waals surface area contributed by atoms with Crippen LogP contribution in [0.3, 0.4) is 0 Å². The van der Waals surface area contributed by atoms with Gasteiger partial charge in [-0.25, -0.2) is 12.7 Å². The second kappa shape index (κ2) is 8.88. The molecule has 8 nitrogen and oxygen atoms in total. The number of hydrogen-bond donors (Lipinski definition) is 1. The summed E-state index contributed by atoms with van der Waals surface area (Å²) in [5.41, 5.74) is 1.03. The predicted octanol–water partition coefficient (Wildman–Crippen LogP) is 2.92. The Hall–Kier alpha value is -3.59. The first-order valence-corrected chi connectivity index (χ1v) is 11.4. The van der Waals surface area contributed by atoms with E-state index < -0.39 is 21.8 Å². The highest BCUT2D eigenvalue weighted by Crippen LogP contribution is 2.35. The number of hydrogen-bond acceptors (Lipinski definition) is 6. The van der Waals surface area contributed by atoms with Crippen LogP contribution in [0, 0.1) is 0 Å². The largest absolute Gasteiger partial charge is 0.495 e. The first kappa shape index (κ1) is 21.6. The lowest BCUT2D eigenvalue weighted by Crippen LogP contribution is -2.33. The summed E-state index contributed by atoms with van der Waals surface area (Å²) in [4.78, 5) is 25.0. The molecule has 1 aromatic heterocycles. The number of nitrogens with one attached hydrogen (secondary N) is 1. The van der Waals surface area contributed by atoms with E-state index in [4.69, 9.17) is 9.15 Å². The van der Waals surface area contributed by atoms with Crippen molar-refractivity contribution in [1.82, 2.24) is 9.62 Å². The summed E-state index contributed by atoms with van der Waals surface area (Å²) >= 11 is 0. The zero-order valence-electron chi connectivity index (χ0n) is 17.4. The standard InChI is InChI=1S/C23H22N2O6S/c1-30-20-10-9-17(23(27)24-14-19-8-5-11-31-19)12-21(20)32(28,29)25-15-18(13-22(25)26)16-6-3-2-4-7-16/h2-12,18H,13-15H2,1H3,(H,24,27)/t18-/m0/s1. The van der Waals surface area contributed by atoms with Gasteiger partial charge in [0.05, 0.1) is 19.9 Å². The molecule has 4 rings (SSSR count). The smallest absolute Gasteiger partial charge is 0.270 e. The first-order valence-electron chi connectivity index (χ1n) is 9.99. The van der Waals surface area contributed by atoms with E-state index in [9.17, 15) is 18.0 Å². The van der Waals surface area contributed by atoms with E-state index in [1.54, 1.807) is 12.1 Å². The van der Waals surface area contributed by atoms with Crippen molar-refractivity contribution in [2.24, 2.45) is 0 Å². The van der Waals surface area contributed by atoms with E-state index >= 15 is 0 Å². The van der Waals surface area contributed by atoms with E-state index in [1.807, 2.05) is 30.3 Å². The maximum absolute atomic E-state index is 13.4. The molecule has 166 valence electrons. The van der Waals surface area contributed by atoms with Crippen LogP contribution in [0.4, 0.5) is 0 Å². The van der Waals surface area contributed by atoms with Gasteiger partial charge in [-0.15, -0.1) is 0 Å². The molecular weight excluding hydrogens is 432 g/mol. The first-order chi connectivity index (χ1) is 15.4. The highest BCUT2D eigenvalue weighted by atomic mass is 32.2. The van der Waals surface area contributed by atoms with Crippen molar-refractivity contribution >= 4 is 21.8 Å². The van der Waals surface area contributed by atoms with Crippen molar-refractivity contribution in [1.29, 1.82) is 0 Å². The number of benzene rings is 2. The molecule has 1 aliphatic rings. The molecule has 0 unspecified atom stereocenters. The molecule has 2 heterocycles. The van der Waals surface area contributed by atoms with E-state index in [0.717, 1.165) is 9.87 Å². The Morgan fingerprint density at radius 2 is 1.94 bits per heavy atom. The minimum atomic E-state index is -4.23. The number of carbonyl (C=O) groups excluding carboxylic acids is 2. The zero-order chi connectivity index (χ0) is 22.7. The molecule has 3 aromatic rings. The van der Waals surface area contributed by atoms with Gasteiger partial charge in [-0.3, -0.25) is 9.59 Å². The minimum absolute atomic E-state index is 0.0310. The van der Waals surface area contributed by atoms with Crippen molar-refractivity contribution in [2.75, 3.05) is 13.7 Å². The fourth-order valence-corrected chi connectivity index (χ4v) is 5.32. The molecule has 1 fully saturated rings. The lowest BCUT2D eigenvalue weighted by molar-refractivity contribution is -0.123. The van der Waals surface area contributed by atoms with Crippen LogP contribution in [0.2, 0.25) is 0 Å². The van der Waals surface area contributed by atoms with Crippen LogP contribution in [0.15, 0.2) is 76.2 Å². The predicted molar refractivity (Wildman–Crippen MR) is 116 cm³/mol. The molecule has 9 heteroatoms. The molecule has 2 aromatic carbocycles. The van der Waals surface area contributed by atoms with Crippen molar-refractivity contribution in [3.63, 3.8) is 0 Å². The summed E-state index contributed by atoms with van der Waals surface area (Å²) in [5, 5.41) is 2.68. The van der Waals surface area contributed by atoms with Crippen LogP contribution >= 0.6 is 0 Å². The topological polar surface area (TPSA) is 106 Å². The molecule has 0 aliphatic carbocycles. The monoisotopic (exact) mass is 454 g/mol. The Kier molecular flexibility index (Phi) is 6.00. The number of rotatable bonds is 7.